The maximum atomic E-state index is 5.94. The molecule has 1 saturated heterocycles. The summed E-state index contributed by atoms with van der Waals surface area (Å²) in [6, 6.07) is 2.09. The van der Waals surface area contributed by atoms with Crippen molar-refractivity contribution >= 4 is 5.69 Å². The second kappa shape index (κ2) is 4.62. The van der Waals surface area contributed by atoms with Crippen LogP contribution in [-0.4, -0.2) is 18.2 Å². The second-order valence-electron chi connectivity index (χ2n) is 4.04. The van der Waals surface area contributed by atoms with Crippen molar-refractivity contribution in [1.82, 2.24) is 4.98 Å². The predicted octanol–water partition coefficient (Wildman–Crippen LogP) is 2.12. The maximum absolute atomic E-state index is 5.94. The van der Waals surface area contributed by atoms with Gasteiger partial charge in [0, 0.05) is 19.4 Å². The first-order chi connectivity index (χ1) is 7.31. The third kappa shape index (κ3) is 2.29. The molecule has 2 rings (SSSR count). The minimum Gasteiger partial charge on any atom is -0.397 e. The molecule has 0 spiro atoms. The fraction of sp³-hybridized carbons (Fsp3) is 0.583. The van der Waals surface area contributed by atoms with E-state index in [1.165, 1.54) is 5.56 Å². The highest BCUT2D eigenvalue weighted by atomic mass is 16.5. The minimum atomic E-state index is 0.583. The van der Waals surface area contributed by atoms with Gasteiger partial charge in [-0.2, -0.15) is 0 Å². The number of hydrogen-bond donors (Lipinski definition) is 1. The number of nitrogen functional groups attached to an aromatic ring is 1. The number of nitrogens with zero attached hydrogens (tertiary/aromatic N) is 1. The van der Waals surface area contributed by atoms with Crippen LogP contribution < -0.4 is 5.73 Å². The summed E-state index contributed by atoms with van der Waals surface area (Å²) >= 11 is 0. The van der Waals surface area contributed by atoms with Gasteiger partial charge < -0.3 is 10.5 Å². The third-order valence-corrected chi connectivity index (χ3v) is 3.05. The van der Waals surface area contributed by atoms with E-state index in [-0.39, 0.29) is 0 Å². The molecule has 0 unspecified atom stereocenters. The Morgan fingerprint density at radius 3 is 2.80 bits per heavy atom. The smallest absolute Gasteiger partial charge is 0.0630 e. The van der Waals surface area contributed by atoms with Crippen LogP contribution in [0.25, 0.3) is 0 Å². The summed E-state index contributed by atoms with van der Waals surface area (Å²) in [4.78, 5) is 4.41. The molecule has 1 aromatic rings. The van der Waals surface area contributed by atoms with Crippen LogP contribution in [0.3, 0.4) is 0 Å². The second-order valence-corrected chi connectivity index (χ2v) is 4.04. The van der Waals surface area contributed by atoms with Gasteiger partial charge in [-0.3, -0.25) is 4.98 Å². The highest BCUT2D eigenvalue weighted by molar-refractivity contribution is 5.45. The lowest BCUT2D eigenvalue weighted by Gasteiger charge is -2.22. The van der Waals surface area contributed by atoms with Crippen molar-refractivity contribution in [3.63, 3.8) is 0 Å². The lowest BCUT2D eigenvalue weighted by Crippen LogP contribution is -2.14. The van der Waals surface area contributed by atoms with Gasteiger partial charge >= 0.3 is 0 Å². The SMILES string of the molecule is CCc1ncc(C2CCOCC2)cc1N. The van der Waals surface area contributed by atoms with E-state index in [1.54, 1.807) is 0 Å². The number of pyridine rings is 1. The van der Waals surface area contributed by atoms with Crippen molar-refractivity contribution in [1.29, 1.82) is 0 Å². The number of rotatable bonds is 2. The molecule has 0 saturated carbocycles. The predicted molar refractivity (Wildman–Crippen MR) is 60.8 cm³/mol. The zero-order valence-electron chi connectivity index (χ0n) is 9.20. The van der Waals surface area contributed by atoms with Gasteiger partial charge in [-0.25, -0.2) is 0 Å². The monoisotopic (exact) mass is 206 g/mol. The Balaban J connectivity index is 2.17. The van der Waals surface area contributed by atoms with E-state index < -0.39 is 0 Å². The molecule has 1 fully saturated rings. The number of aromatic nitrogens is 1. The van der Waals surface area contributed by atoms with Crippen LogP contribution in [0.2, 0.25) is 0 Å². The van der Waals surface area contributed by atoms with Crippen LogP contribution in [0.5, 0.6) is 0 Å². The molecule has 0 atom stereocenters. The molecule has 1 aromatic heterocycles. The van der Waals surface area contributed by atoms with Crippen molar-refractivity contribution in [3.8, 4) is 0 Å². The molecule has 0 aliphatic carbocycles. The highest BCUT2D eigenvalue weighted by Crippen LogP contribution is 2.28. The standard InChI is InChI=1S/C12H18N2O/c1-2-12-11(13)7-10(8-14-12)9-3-5-15-6-4-9/h7-9H,2-6,13H2,1H3. The zero-order valence-corrected chi connectivity index (χ0v) is 9.20. The Kier molecular flexibility index (Phi) is 3.21. The summed E-state index contributed by atoms with van der Waals surface area (Å²) in [5.41, 5.74) is 9.06. The molecule has 2 N–H and O–H groups in total. The lowest BCUT2D eigenvalue weighted by atomic mass is 9.92. The molecule has 0 bridgehead atoms. The van der Waals surface area contributed by atoms with Gasteiger partial charge in [-0.1, -0.05) is 6.92 Å². The van der Waals surface area contributed by atoms with Gasteiger partial charge in [0.15, 0.2) is 0 Å². The molecule has 3 nitrogen and oxygen atoms in total. The zero-order chi connectivity index (χ0) is 10.7. The molecule has 0 radical (unpaired) electrons. The van der Waals surface area contributed by atoms with E-state index in [2.05, 4.69) is 18.0 Å². The molecule has 1 aliphatic rings. The van der Waals surface area contributed by atoms with E-state index in [4.69, 9.17) is 10.5 Å². The quantitative estimate of drug-likeness (QED) is 0.806. The average molecular weight is 206 g/mol. The van der Waals surface area contributed by atoms with Gasteiger partial charge in [0.25, 0.3) is 0 Å². The number of ether oxygens (including phenoxy) is 1. The Morgan fingerprint density at radius 2 is 2.20 bits per heavy atom. The Bertz CT molecular complexity index is 332. The fourth-order valence-corrected chi connectivity index (χ4v) is 2.08. The molecule has 2 heterocycles. The van der Waals surface area contributed by atoms with Gasteiger partial charge in [-0.05, 0) is 36.8 Å². The van der Waals surface area contributed by atoms with Crippen molar-refractivity contribution in [2.45, 2.75) is 32.1 Å². The van der Waals surface area contributed by atoms with Crippen LogP contribution in [0.1, 0.15) is 36.9 Å². The van der Waals surface area contributed by atoms with Crippen LogP contribution in [0, 0.1) is 0 Å². The van der Waals surface area contributed by atoms with Crippen molar-refractivity contribution in [3.05, 3.63) is 23.5 Å². The van der Waals surface area contributed by atoms with Crippen LogP contribution in [0.4, 0.5) is 5.69 Å². The Hall–Kier alpha value is -1.09. The number of aryl methyl sites for hydroxylation is 1. The van der Waals surface area contributed by atoms with E-state index in [9.17, 15) is 0 Å². The molecular weight excluding hydrogens is 188 g/mol. The minimum absolute atomic E-state index is 0.583. The third-order valence-electron chi connectivity index (χ3n) is 3.05. The lowest BCUT2D eigenvalue weighted by molar-refractivity contribution is 0.0853. The maximum Gasteiger partial charge on any atom is 0.0630 e. The molecule has 82 valence electrons. The first-order valence-corrected chi connectivity index (χ1v) is 5.63. The highest BCUT2D eigenvalue weighted by Gasteiger charge is 2.16. The van der Waals surface area contributed by atoms with Crippen molar-refractivity contribution in [2.75, 3.05) is 18.9 Å². The first-order valence-electron chi connectivity index (χ1n) is 5.63. The van der Waals surface area contributed by atoms with Crippen LogP contribution in [0.15, 0.2) is 12.3 Å². The summed E-state index contributed by atoms with van der Waals surface area (Å²) in [7, 11) is 0. The van der Waals surface area contributed by atoms with E-state index in [0.717, 1.165) is 43.9 Å². The van der Waals surface area contributed by atoms with E-state index >= 15 is 0 Å². The number of hydrogen-bond acceptors (Lipinski definition) is 3. The molecule has 3 heteroatoms. The molecule has 15 heavy (non-hydrogen) atoms. The number of nitrogens with two attached hydrogens (primary N) is 1. The summed E-state index contributed by atoms with van der Waals surface area (Å²) in [5.74, 6) is 0.583. The number of anilines is 1. The summed E-state index contributed by atoms with van der Waals surface area (Å²) in [6.45, 7) is 3.80. The van der Waals surface area contributed by atoms with Gasteiger partial charge in [-0.15, -0.1) is 0 Å². The van der Waals surface area contributed by atoms with E-state index in [0.29, 0.717) is 5.92 Å². The average Bonchev–Trinajstić information content (AvgIpc) is 2.30. The summed E-state index contributed by atoms with van der Waals surface area (Å²) in [5, 5.41) is 0. The first kappa shape index (κ1) is 10.4. The molecule has 0 amide bonds. The summed E-state index contributed by atoms with van der Waals surface area (Å²) in [6.07, 6.45) is 5.06. The Morgan fingerprint density at radius 1 is 1.47 bits per heavy atom. The normalized spacial score (nSPS) is 17.9. The Labute approximate surface area is 90.7 Å². The molecule has 1 aliphatic heterocycles. The topological polar surface area (TPSA) is 48.1 Å². The molecule has 0 aromatic carbocycles. The van der Waals surface area contributed by atoms with E-state index in [1.807, 2.05) is 6.20 Å². The van der Waals surface area contributed by atoms with Crippen molar-refractivity contribution < 1.29 is 4.74 Å². The van der Waals surface area contributed by atoms with Gasteiger partial charge in [0.2, 0.25) is 0 Å². The fourth-order valence-electron chi connectivity index (χ4n) is 2.08. The summed E-state index contributed by atoms with van der Waals surface area (Å²) < 4.78 is 5.34. The van der Waals surface area contributed by atoms with Crippen LogP contribution in [-0.2, 0) is 11.2 Å². The van der Waals surface area contributed by atoms with Gasteiger partial charge in [0.1, 0.15) is 0 Å². The van der Waals surface area contributed by atoms with Crippen molar-refractivity contribution in [2.24, 2.45) is 0 Å². The molecular formula is C12H18N2O. The van der Waals surface area contributed by atoms with Crippen LogP contribution >= 0.6 is 0 Å². The largest absolute Gasteiger partial charge is 0.397 e. The van der Waals surface area contributed by atoms with Gasteiger partial charge in [0.05, 0.1) is 11.4 Å².